The lowest BCUT2D eigenvalue weighted by Crippen LogP contribution is -2.28. The van der Waals surface area contributed by atoms with Gasteiger partial charge in [0.15, 0.2) is 0 Å². The molecule has 0 aromatic carbocycles. The fraction of sp³-hybridized carbons (Fsp3) is 0.500. The Labute approximate surface area is 123 Å². The number of likely N-dealkylation sites (tertiary alicyclic amines) is 1. The molecule has 0 radical (unpaired) electrons. The van der Waals surface area contributed by atoms with Crippen LogP contribution in [0.5, 0.6) is 0 Å². The van der Waals surface area contributed by atoms with Crippen molar-refractivity contribution in [2.75, 3.05) is 13.1 Å². The van der Waals surface area contributed by atoms with Crippen molar-refractivity contribution in [3.8, 4) is 0 Å². The van der Waals surface area contributed by atoms with Crippen LogP contribution in [-0.4, -0.2) is 35.0 Å². The molecule has 3 atom stereocenters. The molecule has 0 unspecified atom stereocenters. The second kappa shape index (κ2) is 5.39. The highest BCUT2D eigenvalue weighted by Crippen LogP contribution is 2.47. The molecule has 2 aliphatic rings. The van der Waals surface area contributed by atoms with E-state index in [9.17, 15) is 9.59 Å². The Balaban J connectivity index is 1.57. The number of carboxylic acids is 1. The summed E-state index contributed by atoms with van der Waals surface area (Å²) >= 11 is 0. The topological polar surface area (TPSA) is 70.8 Å². The summed E-state index contributed by atoms with van der Waals surface area (Å²) < 4.78 is 5.70. The standard InChI is InChI=1S/C16H19NO4/c1-10-8-13(10)14-4-2-12(21-14)3-5-15(18)17-7-6-11(9-17)16(19)20/h2-5,10-11,13H,6-9H2,1H3,(H,19,20)/b5-3-/t10-,11-,13+/m1/s1. The quantitative estimate of drug-likeness (QED) is 0.864. The lowest BCUT2D eigenvalue weighted by Gasteiger charge is -2.12. The zero-order valence-corrected chi connectivity index (χ0v) is 12.0. The minimum absolute atomic E-state index is 0.156. The molecule has 5 nitrogen and oxygen atoms in total. The van der Waals surface area contributed by atoms with Crippen LogP contribution in [0.15, 0.2) is 22.6 Å². The monoisotopic (exact) mass is 289 g/mol. The average molecular weight is 289 g/mol. The molecule has 1 saturated heterocycles. The maximum absolute atomic E-state index is 12.0. The zero-order chi connectivity index (χ0) is 15.0. The van der Waals surface area contributed by atoms with Gasteiger partial charge in [0.2, 0.25) is 5.91 Å². The van der Waals surface area contributed by atoms with Crippen LogP contribution in [-0.2, 0) is 9.59 Å². The fourth-order valence-electron chi connectivity index (χ4n) is 2.80. The van der Waals surface area contributed by atoms with Gasteiger partial charge in [-0.3, -0.25) is 9.59 Å². The number of nitrogens with zero attached hydrogens (tertiary/aromatic N) is 1. The number of amides is 1. The lowest BCUT2D eigenvalue weighted by atomic mass is 10.1. The van der Waals surface area contributed by atoms with E-state index in [1.807, 2.05) is 12.1 Å². The van der Waals surface area contributed by atoms with Crippen molar-refractivity contribution in [1.29, 1.82) is 0 Å². The first-order valence-corrected chi connectivity index (χ1v) is 7.34. The van der Waals surface area contributed by atoms with Gasteiger partial charge in [-0.05, 0) is 37.0 Å². The van der Waals surface area contributed by atoms with Crippen molar-refractivity contribution in [3.63, 3.8) is 0 Å². The van der Waals surface area contributed by atoms with Gasteiger partial charge in [-0.1, -0.05) is 6.92 Å². The molecule has 1 saturated carbocycles. The van der Waals surface area contributed by atoms with Crippen LogP contribution < -0.4 is 0 Å². The highest BCUT2D eigenvalue weighted by atomic mass is 16.4. The van der Waals surface area contributed by atoms with Gasteiger partial charge in [0, 0.05) is 25.1 Å². The summed E-state index contributed by atoms with van der Waals surface area (Å²) in [4.78, 5) is 24.4. The molecule has 1 N–H and O–H groups in total. The third kappa shape index (κ3) is 3.01. The minimum Gasteiger partial charge on any atom is -0.481 e. The summed E-state index contributed by atoms with van der Waals surface area (Å²) in [7, 11) is 0. The number of furan rings is 1. The fourth-order valence-corrected chi connectivity index (χ4v) is 2.80. The van der Waals surface area contributed by atoms with E-state index >= 15 is 0 Å². The Bertz CT molecular complexity index is 589. The summed E-state index contributed by atoms with van der Waals surface area (Å²) in [6.07, 6.45) is 4.81. The number of carboxylic acid groups (broad SMARTS) is 1. The van der Waals surface area contributed by atoms with E-state index in [2.05, 4.69) is 6.92 Å². The van der Waals surface area contributed by atoms with Crippen LogP contribution in [0.25, 0.3) is 6.08 Å². The molecule has 1 aromatic heterocycles. The van der Waals surface area contributed by atoms with E-state index in [0.29, 0.717) is 37.1 Å². The molecule has 2 heterocycles. The van der Waals surface area contributed by atoms with Crippen LogP contribution in [0.1, 0.15) is 37.2 Å². The molecule has 1 aliphatic carbocycles. The molecule has 5 heteroatoms. The summed E-state index contributed by atoms with van der Waals surface area (Å²) in [5, 5.41) is 8.93. The van der Waals surface area contributed by atoms with Gasteiger partial charge in [-0.15, -0.1) is 0 Å². The summed E-state index contributed by atoms with van der Waals surface area (Å²) in [5.74, 6) is 1.45. The molecule has 112 valence electrons. The number of rotatable bonds is 4. The first-order valence-electron chi connectivity index (χ1n) is 7.34. The Morgan fingerprint density at radius 1 is 1.43 bits per heavy atom. The predicted molar refractivity (Wildman–Crippen MR) is 76.6 cm³/mol. The summed E-state index contributed by atoms with van der Waals surface area (Å²) in [6, 6.07) is 3.84. The van der Waals surface area contributed by atoms with E-state index in [1.54, 1.807) is 11.0 Å². The highest BCUT2D eigenvalue weighted by molar-refractivity contribution is 5.92. The van der Waals surface area contributed by atoms with Crippen LogP contribution in [0.2, 0.25) is 0 Å². The van der Waals surface area contributed by atoms with E-state index < -0.39 is 11.9 Å². The summed E-state index contributed by atoms with van der Waals surface area (Å²) in [6.45, 7) is 2.99. The van der Waals surface area contributed by atoms with Crippen molar-refractivity contribution in [2.24, 2.45) is 11.8 Å². The van der Waals surface area contributed by atoms with Crippen LogP contribution in [0.3, 0.4) is 0 Å². The van der Waals surface area contributed by atoms with Gasteiger partial charge < -0.3 is 14.4 Å². The minimum atomic E-state index is -0.830. The number of aliphatic carboxylic acids is 1. The molecule has 0 bridgehead atoms. The van der Waals surface area contributed by atoms with Crippen LogP contribution >= 0.6 is 0 Å². The van der Waals surface area contributed by atoms with Gasteiger partial charge in [-0.2, -0.15) is 0 Å². The van der Waals surface area contributed by atoms with E-state index in [4.69, 9.17) is 9.52 Å². The van der Waals surface area contributed by atoms with Gasteiger partial charge in [0.05, 0.1) is 5.92 Å². The van der Waals surface area contributed by atoms with E-state index in [-0.39, 0.29) is 5.91 Å². The Morgan fingerprint density at radius 3 is 2.81 bits per heavy atom. The van der Waals surface area contributed by atoms with Crippen molar-refractivity contribution >= 4 is 18.0 Å². The zero-order valence-electron chi connectivity index (χ0n) is 12.0. The second-order valence-electron chi connectivity index (χ2n) is 6.00. The third-order valence-electron chi connectivity index (χ3n) is 4.36. The molecule has 21 heavy (non-hydrogen) atoms. The van der Waals surface area contributed by atoms with E-state index in [0.717, 1.165) is 5.76 Å². The lowest BCUT2D eigenvalue weighted by molar-refractivity contribution is -0.141. The SMILES string of the molecule is C[C@@H]1C[C@@H]1c1ccc(/C=C\C(=O)N2CC[C@@H](C(=O)O)C2)o1. The second-order valence-corrected chi connectivity index (χ2v) is 6.00. The molecular formula is C16H19NO4. The third-order valence-corrected chi connectivity index (χ3v) is 4.36. The smallest absolute Gasteiger partial charge is 0.308 e. The maximum Gasteiger partial charge on any atom is 0.308 e. The van der Waals surface area contributed by atoms with Gasteiger partial charge in [0.1, 0.15) is 11.5 Å². The number of carbonyl (C=O) groups excluding carboxylic acids is 1. The van der Waals surface area contributed by atoms with Crippen molar-refractivity contribution in [3.05, 3.63) is 29.7 Å². The summed E-state index contributed by atoms with van der Waals surface area (Å²) in [5.41, 5.74) is 0. The van der Waals surface area contributed by atoms with Crippen molar-refractivity contribution in [2.45, 2.75) is 25.7 Å². The molecule has 1 aromatic rings. The average Bonchev–Trinajstić information content (AvgIpc) is 2.90. The molecular weight excluding hydrogens is 270 g/mol. The number of hydrogen-bond donors (Lipinski definition) is 1. The largest absolute Gasteiger partial charge is 0.481 e. The molecule has 2 fully saturated rings. The molecule has 3 rings (SSSR count). The Kier molecular flexibility index (Phi) is 3.57. The molecule has 1 amide bonds. The normalized spacial score (nSPS) is 28.2. The van der Waals surface area contributed by atoms with Gasteiger partial charge in [0.25, 0.3) is 0 Å². The maximum atomic E-state index is 12.0. The molecule has 1 aliphatic heterocycles. The highest BCUT2D eigenvalue weighted by Gasteiger charge is 2.36. The first kappa shape index (κ1) is 13.9. The Hall–Kier alpha value is -2.04. The van der Waals surface area contributed by atoms with Gasteiger partial charge >= 0.3 is 5.97 Å². The van der Waals surface area contributed by atoms with Crippen molar-refractivity contribution < 1.29 is 19.1 Å². The first-order chi connectivity index (χ1) is 10.0. The number of hydrogen-bond acceptors (Lipinski definition) is 3. The van der Waals surface area contributed by atoms with E-state index in [1.165, 1.54) is 12.5 Å². The van der Waals surface area contributed by atoms with Crippen LogP contribution in [0.4, 0.5) is 0 Å². The Morgan fingerprint density at radius 2 is 2.19 bits per heavy atom. The predicted octanol–water partition coefficient (Wildman–Crippen LogP) is 2.35. The van der Waals surface area contributed by atoms with Gasteiger partial charge in [-0.25, -0.2) is 0 Å². The number of carbonyl (C=O) groups is 2. The van der Waals surface area contributed by atoms with Crippen molar-refractivity contribution in [1.82, 2.24) is 4.90 Å². The van der Waals surface area contributed by atoms with Crippen LogP contribution in [0, 0.1) is 11.8 Å². The molecule has 0 spiro atoms.